The molecule has 0 radical (unpaired) electrons. The summed E-state index contributed by atoms with van der Waals surface area (Å²) in [5.41, 5.74) is 0. The fraction of sp³-hybridized carbons (Fsp3) is 0.963. The second-order valence-corrected chi connectivity index (χ2v) is 12.0. The van der Waals surface area contributed by atoms with Crippen LogP contribution in [0.5, 0.6) is 0 Å². The standard InChI is InChI=1S/C27H44O13/c1-11(28)37-10-19-22(31)23(32)24(33)27(39-19)40-26-14-4-5-36-15-8-13(29)9-16(20(14)15)38-25(26)12-6-17(34-2)21(30)18(7-12)35-3/h12-27,29-33H,4-10H2,1-3H3/p+1. The molecule has 0 spiro atoms. The summed E-state index contributed by atoms with van der Waals surface area (Å²) < 4.78 is 40.0. The topological polar surface area (TPSA) is 186 Å². The van der Waals surface area contributed by atoms with Crippen molar-refractivity contribution >= 4 is 5.97 Å². The normalized spacial score (nSPS) is 51.1. The largest absolute Gasteiger partial charge is 0.463 e. The van der Waals surface area contributed by atoms with Crippen molar-refractivity contribution in [3.63, 3.8) is 0 Å². The van der Waals surface area contributed by atoms with Gasteiger partial charge in [-0.15, -0.1) is 0 Å². The molecule has 5 fully saturated rings. The molecule has 2 saturated carbocycles. The zero-order valence-electron chi connectivity index (χ0n) is 23.2. The molecule has 5 aliphatic rings. The van der Waals surface area contributed by atoms with Gasteiger partial charge in [-0.25, -0.2) is 0 Å². The van der Waals surface area contributed by atoms with E-state index < -0.39 is 73.3 Å². The summed E-state index contributed by atoms with van der Waals surface area (Å²) in [5.74, 6) is -0.729. The minimum atomic E-state index is -1.58. The van der Waals surface area contributed by atoms with Crippen LogP contribution in [0.1, 0.15) is 39.0 Å². The summed E-state index contributed by atoms with van der Waals surface area (Å²) in [7, 11) is 3.10. The molecule has 14 atom stereocenters. The Balaban J connectivity index is 1.44. The van der Waals surface area contributed by atoms with Gasteiger partial charge < -0.3 is 58.7 Å². The number of carbonyl (C=O) groups excluding carboxylic acids is 1. The molecule has 3 aliphatic heterocycles. The van der Waals surface area contributed by atoms with Gasteiger partial charge in [-0.2, -0.15) is 0 Å². The predicted molar refractivity (Wildman–Crippen MR) is 135 cm³/mol. The Labute approximate surface area is 233 Å². The maximum absolute atomic E-state index is 11.4. The molecule has 230 valence electrons. The summed E-state index contributed by atoms with van der Waals surface area (Å²) in [4.78, 5) is 11.4. The molecule has 13 heteroatoms. The van der Waals surface area contributed by atoms with Gasteiger partial charge in [0.05, 0.1) is 30.3 Å². The van der Waals surface area contributed by atoms with Crippen molar-refractivity contribution in [1.82, 2.24) is 0 Å². The summed E-state index contributed by atoms with van der Waals surface area (Å²) in [6.45, 7) is 1.39. The molecular formula is C27H45O13+. The van der Waals surface area contributed by atoms with E-state index in [1.54, 1.807) is 14.2 Å². The molecule has 13 nitrogen and oxygen atoms in total. The van der Waals surface area contributed by atoms with E-state index in [1.807, 2.05) is 0 Å². The molecule has 3 heterocycles. The lowest BCUT2D eigenvalue weighted by molar-refractivity contribution is -0.377. The number of hydrogen-bond donors (Lipinski definition) is 5. The third-order valence-electron chi connectivity index (χ3n) is 9.62. The van der Waals surface area contributed by atoms with Crippen molar-refractivity contribution in [2.45, 2.75) is 119 Å². The molecule has 40 heavy (non-hydrogen) atoms. The van der Waals surface area contributed by atoms with Gasteiger partial charge in [0.2, 0.25) is 0 Å². The molecule has 0 aromatic rings. The van der Waals surface area contributed by atoms with Crippen LogP contribution in [0.4, 0.5) is 0 Å². The number of methoxy groups -OCH3 is 2. The fourth-order valence-corrected chi connectivity index (χ4v) is 7.65. The Morgan fingerprint density at radius 2 is 1.62 bits per heavy atom. The van der Waals surface area contributed by atoms with Gasteiger partial charge in [-0.3, -0.25) is 4.79 Å². The van der Waals surface area contributed by atoms with Crippen molar-refractivity contribution in [3.8, 4) is 0 Å². The van der Waals surface area contributed by atoms with Crippen LogP contribution in [-0.4, -0.2) is 143 Å². The average Bonchev–Trinajstić information content (AvgIpc) is 2.93. The molecule has 0 bridgehead atoms. The van der Waals surface area contributed by atoms with Gasteiger partial charge in [-0.05, 0) is 19.3 Å². The molecule has 0 aromatic carbocycles. The maximum Gasteiger partial charge on any atom is 0.302 e. The van der Waals surface area contributed by atoms with Gasteiger partial charge >= 0.3 is 5.97 Å². The number of aliphatic hydroxyl groups is 7. The summed E-state index contributed by atoms with van der Waals surface area (Å²) in [6.07, 6.45) is -7.93. The zero-order chi connectivity index (χ0) is 28.7. The molecule has 6 N–H and O–H groups in total. The van der Waals surface area contributed by atoms with E-state index in [0.29, 0.717) is 38.7 Å². The van der Waals surface area contributed by atoms with E-state index in [4.69, 9.17) is 33.2 Å². The Morgan fingerprint density at radius 1 is 0.925 bits per heavy atom. The zero-order valence-corrected chi connectivity index (χ0v) is 23.2. The van der Waals surface area contributed by atoms with Crippen molar-refractivity contribution in [1.29, 1.82) is 0 Å². The Bertz CT molecular complexity index is 846. The van der Waals surface area contributed by atoms with Crippen LogP contribution < -0.4 is 0 Å². The lowest BCUT2D eigenvalue weighted by Gasteiger charge is -2.54. The number of aliphatic hydroxyl groups excluding tert-OH is 5. The Morgan fingerprint density at radius 3 is 2.27 bits per heavy atom. The first-order chi connectivity index (χ1) is 19.1. The number of rotatable bonds is 7. The molecular weight excluding hydrogens is 532 g/mol. The Kier molecular flexibility index (Phi) is 9.69. The van der Waals surface area contributed by atoms with Gasteiger partial charge in [0, 0.05) is 52.4 Å². The van der Waals surface area contributed by atoms with E-state index in [-0.39, 0.29) is 36.6 Å². The van der Waals surface area contributed by atoms with Crippen molar-refractivity contribution < 1.29 is 63.5 Å². The molecule has 14 unspecified atom stereocenters. The smallest absolute Gasteiger partial charge is 0.302 e. The van der Waals surface area contributed by atoms with E-state index in [9.17, 15) is 30.3 Å². The highest BCUT2D eigenvalue weighted by molar-refractivity contribution is 5.65. The number of carbonyl (C=O) groups is 1. The van der Waals surface area contributed by atoms with Crippen LogP contribution in [0.15, 0.2) is 0 Å². The van der Waals surface area contributed by atoms with Crippen LogP contribution >= 0.6 is 0 Å². The SMILES string of the molecule is COC1CC(C2[OH+]C3CC(O)CC4OCCC(C2OC2OC(COC(C)=O)C(O)C(O)C2O)C43)CC(OC)C1O. The first kappa shape index (κ1) is 30.5. The second kappa shape index (κ2) is 12.7. The van der Waals surface area contributed by atoms with E-state index >= 15 is 0 Å². The highest BCUT2D eigenvalue weighted by Gasteiger charge is 2.61. The summed E-state index contributed by atoms with van der Waals surface area (Å²) in [6, 6.07) is 0. The van der Waals surface area contributed by atoms with Crippen molar-refractivity contribution in [2.75, 3.05) is 27.4 Å². The summed E-state index contributed by atoms with van der Waals surface area (Å²) >= 11 is 0. The molecule has 3 saturated heterocycles. The molecule has 5 rings (SSSR count). The molecule has 0 aromatic heterocycles. The number of ether oxygens (including phenoxy) is 7. The maximum atomic E-state index is 11.4. The Hall–Kier alpha value is -0.970. The highest BCUT2D eigenvalue weighted by Crippen LogP contribution is 2.49. The van der Waals surface area contributed by atoms with E-state index in [0.717, 1.165) is 0 Å². The monoisotopic (exact) mass is 577 g/mol. The van der Waals surface area contributed by atoms with Crippen LogP contribution in [0.25, 0.3) is 0 Å². The third kappa shape index (κ3) is 5.93. The van der Waals surface area contributed by atoms with Crippen molar-refractivity contribution in [2.24, 2.45) is 17.8 Å². The van der Waals surface area contributed by atoms with Crippen LogP contribution in [-0.2, 0) is 33.2 Å². The third-order valence-corrected chi connectivity index (χ3v) is 9.62. The average molecular weight is 578 g/mol. The quantitative estimate of drug-likeness (QED) is 0.166. The fourth-order valence-electron chi connectivity index (χ4n) is 7.65. The van der Waals surface area contributed by atoms with Crippen molar-refractivity contribution in [3.05, 3.63) is 0 Å². The van der Waals surface area contributed by atoms with Gasteiger partial charge in [0.15, 0.2) is 18.5 Å². The molecule has 0 amide bonds. The number of hydrogen-bond acceptors (Lipinski definition) is 12. The first-order valence-electron chi connectivity index (χ1n) is 14.3. The van der Waals surface area contributed by atoms with Gasteiger partial charge in [0.25, 0.3) is 0 Å². The first-order valence-corrected chi connectivity index (χ1v) is 14.3. The second-order valence-electron chi connectivity index (χ2n) is 12.0. The minimum absolute atomic E-state index is 0.00267. The molecule has 2 aliphatic carbocycles. The van der Waals surface area contributed by atoms with Gasteiger partial charge in [-0.1, -0.05) is 0 Å². The summed E-state index contributed by atoms with van der Waals surface area (Å²) in [5, 5.41) is 53.3. The van der Waals surface area contributed by atoms with Crippen LogP contribution in [0.3, 0.4) is 0 Å². The van der Waals surface area contributed by atoms with Crippen LogP contribution in [0.2, 0.25) is 0 Å². The van der Waals surface area contributed by atoms with Crippen LogP contribution in [0, 0.1) is 17.8 Å². The van der Waals surface area contributed by atoms with E-state index in [1.165, 1.54) is 6.92 Å². The predicted octanol–water partition coefficient (Wildman–Crippen LogP) is -2.00. The lowest BCUT2D eigenvalue weighted by Crippen LogP contribution is -2.67. The number of esters is 1. The highest BCUT2D eigenvalue weighted by atomic mass is 16.7. The lowest BCUT2D eigenvalue weighted by atomic mass is 9.65. The van der Waals surface area contributed by atoms with Gasteiger partial charge in [0.1, 0.15) is 43.2 Å². The van der Waals surface area contributed by atoms with E-state index in [2.05, 4.69) is 0 Å². The minimum Gasteiger partial charge on any atom is -0.463 e.